The third kappa shape index (κ3) is 2.51. The molecule has 0 fully saturated rings. The Kier molecular flexibility index (Phi) is 4.09. The number of ether oxygens (including phenoxy) is 2. The van der Waals surface area contributed by atoms with Crippen molar-refractivity contribution >= 4 is 5.78 Å². The van der Waals surface area contributed by atoms with E-state index in [-0.39, 0.29) is 17.3 Å². The molecule has 0 N–H and O–H groups in total. The molecule has 0 radical (unpaired) electrons. The van der Waals surface area contributed by atoms with Gasteiger partial charge in [0.15, 0.2) is 5.78 Å². The largest absolute Gasteiger partial charge is 0.496 e. The van der Waals surface area contributed by atoms with Gasteiger partial charge in [-0.25, -0.2) is 0 Å². The third-order valence-corrected chi connectivity index (χ3v) is 5.96. The lowest BCUT2D eigenvalue weighted by atomic mass is 9.60. The third-order valence-electron chi connectivity index (χ3n) is 5.96. The van der Waals surface area contributed by atoms with Crippen LogP contribution in [0, 0.1) is 11.3 Å². The van der Waals surface area contributed by atoms with E-state index in [0.29, 0.717) is 12.3 Å². The summed E-state index contributed by atoms with van der Waals surface area (Å²) < 4.78 is 11.4. The molecule has 0 unspecified atom stereocenters. The fourth-order valence-electron chi connectivity index (χ4n) is 4.32. The van der Waals surface area contributed by atoms with E-state index in [9.17, 15) is 4.79 Å². The number of ketones is 1. The topological polar surface area (TPSA) is 35.5 Å². The Balaban J connectivity index is 2.21. The van der Waals surface area contributed by atoms with Gasteiger partial charge in [0.25, 0.3) is 0 Å². The zero-order valence-corrected chi connectivity index (χ0v) is 14.7. The standard InChI is InChI=1S/C20H26O3/c1-12-16-11-19(23-5)14-7-6-8-18(22-4)15(14)9-13(10-17(12)21)20(16,2)3/h6-8,13,19H,9-11H2,1-5H3/t13-,19+/m1/s1. The van der Waals surface area contributed by atoms with Crippen LogP contribution in [0.25, 0.3) is 0 Å². The molecular weight excluding hydrogens is 288 g/mol. The number of rotatable bonds is 2. The van der Waals surface area contributed by atoms with Gasteiger partial charge in [0.2, 0.25) is 0 Å². The van der Waals surface area contributed by atoms with E-state index in [1.165, 1.54) is 16.7 Å². The Morgan fingerprint density at radius 1 is 1.13 bits per heavy atom. The number of Topliss-reactive ketones (excluding diaryl/α,β-unsaturated/α-hetero) is 1. The molecular formula is C20H26O3. The van der Waals surface area contributed by atoms with Crippen LogP contribution in [-0.2, 0) is 16.0 Å². The molecule has 2 bridgehead atoms. The highest BCUT2D eigenvalue weighted by molar-refractivity contribution is 5.97. The first-order valence-electron chi connectivity index (χ1n) is 8.32. The van der Waals surface area contributed by atoms with Gasteiger partial charge < -0.3 is 9.47 Å². The molecule has 2 atom stereocenters. The molecule has 3 rings (SSSR count). The number of hydrogen-bond acceptors (Lipinski definition) is 3. The summed E-state index contributed by atoms with van der Waals surface area (Å²) in [5.41, 5.74) is 4.62. The first kappa shape index (κ1) is 16.3. The summed E-state index contributed by atoms with van der Waals surface area (Å²) in [5.74, 6) is 1.50. The monoisotopic (exact) mass is 314 g/mol. The van der Waals surface area contributed by atoms with Crippen LogP contribution in [0.3, 0.4) is 0 Å². The molecule has 1 aromatic rings. The Labute approximate surface area is 138 Å². The van der Waals surface area contributed by atoms with Crippen molar-refractivity contribution in [3.63, 3.8) is 0 Å². The van der Waals surface area contributed by atoms with Crippen LogP contribution in [-0.4, -0.2) is 20.0 Å². The van der Waals surface area contributed by atoms with E-state index < -0.39 is 0 Å². The van der Waals surface area contributed by atoms with Crippen LogP contribution in [0.15, 0.2) is 29.3 Å². The number of benzene rings is 1. The van der Waals surface area contributed by atoms with Crippen molar-refractivity contribution in [2.75, 3.05) is 14.2 Å². The van der Waals surface area contributed by atoms with Crippen molar-refractivity contribution < 1.29 is 14.3 Å². The number of hydrogen-bond donors (Lipinski definition) is 0. The van der Waals surface area contributed by atoms with Crippen molar-refractivity contribution in [1.29, 1.82) is 0 Å². The van der Waals surface area contributed by atoms with Crippen molar-refractivity contribution in [1.82, 2.24) is 0 Å². The Hall–Kier alpha value is -1.61. The summed E-state index contributed by atoms with van der Waals surface area (Å²) in [6, 6.07) is 6.17. The van der Waals surface area contributed by atoms with Gasteiger partial charge in [-0.15, -0.1) is 0 Å². The molecule has 3 nitrogen and oxygen atoms in total. The van der Waals surface area contributed by atoms with Crippen LogP contribution in [0.2, 0.25) is 0 Å². The molecule has 2 aliphatic carbocycles. The number of carbonyl (C=O) groups excluding carboxylic acids is 1. The van der Waals surface area contributed by atoms with Gasteiger partial charge in [-0.3, -0.25) is 4.79 Å². The van der Waals surface area contributed by atoms with Gasteiger partial charge in [0.1, 0.15) is 5.75 Å². The molecule has 1 aromatic carbocycles. The molecule has 0 saturated heterocycles. The van der Waals surface area contributed by atoms with E-state index in [2.05, 4.69) is 19.9 Å². The first-order valence-corrected chi connectivity index (χ1v) is 8.32. The summed E-state index contributed by atoms with van der Waals surface area (Å²) in [7, 11) is 3.46. The maximum absolute atomic E-state index is 12.5. The van der Waals surface area contributed by atoms with Crippen molar-refractivity contribution in [3.8, 4) is 5.75 Å². The Morgan fingerprint density at radius 2 is 1.87 bits per heavy atom. The molecule has 3 heteroatoms. The minimum Gasteiger partial charge on any atom is -0.496 e. The van der Waals surface area contributed by atoms with Crippen LogP contribution < -0.4 is 4.74 Å². The lowest BCUT2D eigenvalue weighted by Gasteiger charge is -2.44. The van der Waals surface area contributed by atoms with E-state index in [1.54, 1.807) is 14.2 Å². The fraction of sp³-hybridized carbons (Fsp3) is 0.550. The Morgan fingerprint density at radius 3 is 2.52 bits per heavy atom. The maximum atomic E-state index is 12.5. The number of fused-ring (bicyclic) bond motifs is 3. The second kappa shape index (κ2) is 5.79. The van der Waals surface area contributed by atoms with Crippen LogP contribution in [0.4, 0.5) is 0 Å². The van der Waals surface area contributed by atoms with Gasteiger partial charge in [0.05, 0.1) is 13.2 Å². The lowest BCUT2D eigenvalue weighted by Crippen LogP contribution is -2.38. The Bertz CT molecular complexity index is 669. The highest BCUT2D eigenvalue weighted by Crippen LogP contribution is 2.51. The van der Waals surface area contributed by atoms with Gasteiger partial charge in [-0.05, 0) is 48.3 Å². The fourth-order valence-corrected chi connectivity index (χ4v) is 4.32. The molecule has 0 heterocycles. The van der Waals surface area contributed by atoms with E-state index >= 15 is 0 Å². The van der Waals surface area contributed by atoms with Crippen LogP contribution in [0.5, 0.6) is 5.75 Å². The minimum atomic E-state index is -0.0313. The summed E-state index contributed by atoms with van der Waals surface area (Å²) in [6.07, 6.45) is 2.22. The zero-order chi connectivity index (χ0) is 16.8. The number of carbonyl (C=O) groups is 1. The summed E-state index contributed by atoms with van der Waals surface area (Å²) in [4.78, 5) is 12.5. The predicted octanol–water partition coefficient (Wildman–Crippen LogP) is 4.26. The van der Waals surface area contributed by atoms with Crippen molar-refractivity contribution in [3.05, 3.63) is 40.5 Å². The van der Waals surface area contributed by atoms with Gasteiger partial charge >= 0.3 is 0 Å². The van der Waals surface area contributed by atoms with Crippen LogP contribution >= 0.6 is 0 Å². The average Bonchev–Trinajstić information content (AvgIpc) is 2.52. The van der Waals surface area contributed by atoms with Crippen LogP contribution in [0.1, 0.15) is 50.8 Å². The molecule has 23 heavy (non-hydrogen) atoms. The number of methoxy groups -OCH3 is 2. The second-order valence-electron chi connectivity index (χ2n) is 7.31. The molecule has 124 valence electrons. The first-order chi connectivity index (χ1) is 10.9. The minimum absolute atomic E-state index is 0.00726. The summed E-state index contributed by atoms with van der Waals surface area (Å²) in [6.45, 7) is 6.53. The smallest absolute Gasteiger partial charge is 0.158 e. The second-order valence-corrected chi connectivity index (χ2v) is 7.31. The SMILES string of the molecule is COc1cccc2c1C[C@@H]1CC(=O)C(C)=C(C[C@@H]2OC)C1(C)C. The average molecular weight is 314 g/mol. The van der Waals surface area contributed by atoms with E-state index in [1.807, 2.05) is 19.1 Å². The molecule has 0 saturated carbocycles. The summed E-state index contributed by atoms with van der Waals surface area (Å²) >= 11 is 0. The van der Waals surface area contributed by atoms with E-state index in [0.717, 1.165) is 24.2 Å². The lowest BCUT2D eigenvalue weighted by molar-refractivity contribution is -0.118. The molecule has 2 aliphatic rings. The van der Waals surface area contributed by atoms with Crippen molar-refractivity contribution in [2.24, 2.45) is 11.3 Å². The van der Waals surface area contributed by atoms with E-state index in [4.69, 9.17) is 9.47 Å². The molecule has 0 aliphatic heterocycles. The summed E-state index contributed by atoms with van der Waals surface area (Å²) in [5, 5.41) is 0. The predicted molar refractivity (Wildman–Crippen MR) is 90.7 cm³/mol. The van der Waals surface area contributed by atoms with Crippen molar-refractivity contribution in [2.45, 2.75) is 46.1 Å². The highest BCUT2D eigenvalue weighted by atomic mass is 16.5. The molecule has 0 aromatic heterocycles. The normalized spacial score (nSPS) is 26.4. The highest BCUT2D eigenvalue weighted by Gasteiger charge is 2.43. The van der Waals surface area contributed by atoms with Gasteiger partial charge in [0, 0.05) is 19.1 Å². The zero-order valence-electron chi connectivity index (χ0n) is 14.7. The number of allylic oxidation sites excluding steroid dienone is 1. The molecule has 0 amide bonds. The van der Waals surface area contributed by atoms with Gasteiger partial charge in [-0.2, -0.15) is 0 Å². The molecule has 0 spiro atoms. The van der Waals surface area contributed by atoms with Gasteiger partial charge in [-0.1, -0.05) is 31.6 Å². The quantitative estimate of drug-likeness (QED) is 0.818. The maximum Gasteiger partial charge on any atom is 0.158 e.